The zero-order valence-electron chi connectivity index (χ0n) is 14.9. The molecule has 1 aliphatic heterocycles. The SMILES string of the molecule is CC(C)(C)C(=O)Nc1cccc(C(=O)Nc2ccc3c(c2)OC(F)(F)O3)c1. The highest BCUT2D eigenvalue weighted by Gasteiger charge is 2.43. The third-order valence-electron chi connectivity index (χ3n) is 3.72. The average Bonchev–Trinajstić information content (AvgIpc) is 2.87. The number of amides is 2. The molecule has 0 aromatic heterocycles. The molecule has 0 saturated carbocycles. The summed E-state index contributed by atoms with van der Waals surface area (Å²) in [7, 11) is 0. The van der Waals surface area contributed by atoms with E-state index in [0.29, 0.717) is 11.3 Å². The minimum Gasteiger partial charge on any atom is -0.395 e. The second kappa shape index (κ2) is 6.53. The van der Waals surface area contributed by atoms with Crippen LogP contribution in [0.5, 0.6) is 11.5 Å². The van der Waals surface area contributed by atoms with E-state index < -0.39 is 17.6 Å². The molecule has 0 aliphatic carbocycles. The minimum absolute atomic E-state index is 0.107. The Morgan fingerprint density at radius 1 is 0.926 bits per heavy atom. The quantitative estimate of drug-likeness (QED) is 0.840. The lowest BCUT2D eigenvalue weighted by molar-refractivity contribution is -0.286. The average molecular weight is 376 g/mol. The van der Waals surface area contributed by atoms with E-state index in [0.717, 1.165) is 0 Å². The monoisotopic (exact) mass is 376 g/mol. The number of rotatable bonds is 3. The van der Waals surface area contributed by atoms with Crippen LogP contribution in [0.4, 0.5) is 20.2 Å². The van der Waals surface area contributed by atoms with Gasteiger partial charge in [0.25, 0.3) is 5.91 Å². The number of alkyl halides is 2. The number of ether oxygens (including phenoxy) is 2. The Hall–Kier alpha value is -3.16. The van der Waals surface area contributed by atoms with Crippen LogP contribution in [0, 0.1) is 5.41 Å². The number of anilines is 2. The maximum atomic E-state index is 13.1. The zero-order valence-corrected chi connectivity index (χ0v) is 14.9. The van der Waals surface area contributed by atoms with Gasteiger partial charge in [-0.15, -0.1) is 8.78 Å². The van der Waals surface area contributed by atoms with Gasteiger partial charge in [-0.25, -0.2) is 0 Å². The molecule has 0 saturated heterocycles. The van der Waals surface area contributed by atoms with E-state index in [4.69, 9.17) is 0 Å². The fraction of sp³-hybridized carbons (Fsp3) is 0.263. The van der Waals surface area contributed by atoms with E-state index in [-0.39, 0.29) is 23.1 Å². The molecule has 0 fully saturated rings. The number of carbonyl (C=O) groups excluding carboxylic acids is 2. The normalized spacial score (nSPS) is 14.6. The molecule has 0 radical (unpaired) electrons. The molecule has 0 bridgehead atoms. The maximum Gasteiger partial charge on any atom is 0.586 e. The van der Waals surface area contributed by atoms with E-state index in [9.17, 15) is 18.4 Å². The summed E-state index contributed by atoms with van der Waals surface area (Å²) in [6.45, 7) is 5.34. The standard InChI is InChI=1S/C19H18F2N2O4/c1-18(2,3)17(25)23-12-6-4-5-11(9-12)16(24)22-13-7-8-14-15(10-13)27-19(20,21)26-14/h4-10H,1-3H3,(H,22,24)(H,23,25). The third-order valence-corrected chi connectivity index (χ3v) is 3.72. The van der Waals surface area contributed by atoms with Gasteiger partial charge in [-0.3, -0.25) is 9.59 Å². The van der Waals surface area contributed by atoms with Gasteiger partial charge in [0.05, 0.1) is 0 Å². The lowest BCUT2D eigenvalue weighted by Gasteiger charge is -2.18. The lowest BCUT2D eigenvalue weighted by Crippen LogP contribution is -2.27. The van der Waals surface area contributed by atoms with E-state index in [1.165, 1.54) is 24.3 Å². The number of fused-ring (bicyclic) bond motifs is 1. The molecule has 0 atom stereocenters. The van der Waals surface area contributed by atoms with Crippen LogP contribution in [0.15, 0.2) is 42.5 Å². The van der Waals surface area contributed by atoms with Crippen LogP contribution in [-0.2, 0) is 4.79 Å². The Labute approximate surface area is 154 Å². The first-order chi connectivity index (χ1) is 12.5. The van der Waals surface area contributed by atoms with Gasteiger partial charge in [-0.1, -0.05) is 26.8 Å². The van der Waals surface area contributed by atoms with Crippen LogP contribution in [0.2, 0.25) is 0 Å². The van der Waals surface area contributed by atoms with Crippen molar-refractivity contribution in [3.63, 3.8) is 0 Å². The van der Waals surface area contributed by atoms with E-state index in [1.807, 2.05) is 0 Å². The first-order valence-electron chi connectivity index (χ1n) is 8.16. The van der Waals surface area contributed by atoms with Gasteiger partial charge in [0.1, 0.15) is 0 Å². The van der Waals surface area contributed by atoms with Gasteiger partial charge in [0, 0.05) is 28.4 Å². The Bertz CT molecular complexity index is 907. The summed E-state index contributed by atoms with van der Waals surface area (Å²) in [6, 6.07) is 10.4. The van der Waals surface area contributed by atoms with Crippen molar-refractivity contribution in [3.05, 3.63) is 48.0 Å². The molecule has 142 valence electrons. The number of hydrogen-bond donors (Lipinski definition) is 2. The molecule has 2 aromatic carbocycles. The van der Waals surface area contributed by atoms with Crippen LogP contribution in [0.3, 0.4) is 0 Å². The van der Waals surface area contributed by atoms with Crippen molar-refractivity contribution in [1.82, 2.24) is 0 Å². The fourth-order valence-electron chi connectivity index (χ4n) is 2.29. The smallest absolute Gasteiger partial charge is 0.395 e. The summed E-state index contributed by atoms with van der Waals surface area (Å²) in [5, 5.41) is 5.34. The topological polar surface area (TPSA) is 76.7 Å². The van der Waals surface area contributed by atoms with Crippen LogP contribution in [0.25, 0.3) is 0 Å². The summed E-state index contributed by atoms with van der Waals surface area (Å²) in [4.78, 5) is 24.5. The summed E-state index contributed by atoms with van der Waals surface area (Å²) >= 11 is 0. The molecule has 2 amide bonds. The molecule has 6 nitrogen and oxygen atoms in total. The predicted octanol–water partition coefficient (Wildman–Crippen LogP) is 4.25. The highest BCUT2D eigenvalue weighted by atomic mass is 19.3. The van der Waals surface area contributed by atoms with Gasteiger partial charge in [0.2, 0.25) is 5.91 Å². The van der Waals surface area contributed by atoms with Crippen molar-refractivity contribution in [2.24, 2.45) is 5.41 Å². The van der Waals surface area contributed by atoms with Gasteiger partial charge >= 0.3 is 6.29 Å². The predicted molar refractivity (Wildman–Crippen MR) is 95.1 cm³/mol. The maximum absolute atomic E-state index is 13.1. The molecule has 1 aliphatic rings. The number of benzene rings is 2. The molecule has 2 N–H and O–H groups in total. The molecule has 3 rings (SSSR count). The second-order valence-corrected chi connectivity index (χ2v) is 7.07. The zero-order chi connectivity index (χ0) is 19.8. The number of hydrogen-bond acceptors (Lipinski definition) is 4. The van der Waals surface area contributed by atoms with Crippen molar-refractivity contribution >= 4 is 23.2 Å². The molecule has 0 spiro atoms. The van der Waals surface area contributed by atoms with Crippen LogP contribution >= 0.6 is 0 Å². The van der Waals surface area contributed by atoms with Gasteiger partial charge in [0.15, 0.2) is 11.5 Å². The molecular weight excluding hydrogens is 358 g/mol. The summed E-state index contributed by atoms with van der Waals surface area (Å²) < 4.78 is 34.8. The Morgan fingerprint density at radius 3 is 2.30 bits per heavy atom. The van der Waals surface area contributed by atoms with E-state index in [2.05, 4.69) is 20.1 Å². The van der Waals surface area contributed by atoms with Crippen molar-refractivity contribution in [2.75, 3.05) is 10.6 Å². The second-order valence-electron chi connectivity index (χ2n) is 7.07. The highest BCUT2D eigenvalue weighted by molar-refractivity contribution is 6.05. The summed E-state index contributed by atoms with van der Waals surface area (Å²) in [5.41, 5.74) is 0.467. The summed E-state index contributed by atoms with van der Waals surface area (Å²) in [5.74, 6) is -0.918. The molecule has 8 heteroatoms. The number of halogens is 2. The number of carbonyl (C=O) groups is 2. The fourth-order valence-corrected chi connectivity index (χ4v) is 2.29. The van der Waals surface area contributed by atoms with Crippen molar-refractivity contribution in [2.45, 2.75) is 27.1 Å². The molecule has 27 heavy (non-hydrogen) atoms. The first-order valence-corrected chi connectivity index (χ1v) is 8.16. The Kier molecular flexibility index (Phi) is 4.51. The molecule has 1 heterocycles. The van der Waals surface area contributed by atoms with Crippen molar-refractivity contribution < 1.29 is 27.8 Å². The van der Waals surface area contributed by atoms with Crippen LogP contribution in [-0.4, -0.2) is 18.1 Å². The van der Waals surface area contributed by atoms with E-state index in [1.54, 1.807) is 39.0 Å². The molecular formula is C19H18F2N2O4. The van der Waals surface area contributed by atoms with Crippen LogP contribution in [0.1, 0.15) is 31.1 Å². The third kappa shape index (κ3) is 4.33. The largest absolute Gasteiger partial charge is 0.586 e. The van der Waals surface area contributed by atoms with Gasteiger partial charge < -0.3 is 20.1 Å². The molecule has 0 unspecified atom stereocenters. The van der Waals surface area contributed by atoms with Crippen LogP contribution < -0.4 is 20.1 Å². The lowest BCUT2D eigenvalue weighted by atomic mass is 9.95. The summed E-state index contributed by atoms with van der Waals surface area (Å²) in [6.07, 6.45) is -3.72. The van der Waals surface area contributed by atoms with Gasteiger partial charge in [-0.05, 0) is 30.3 Å². The van der Waals surface area contributed by atoms with Crippen molar-refractivity contribution in [1.29, 1.82) is 0 Å². The molecule has 2 aromatic rings. The van der Waals surface area contributed by atoms with Crippen molar-refractivity contribution in [3.8, 4) is 11.5 Å². The minimum atomic E-state index is -3.72. The Morgan fingerprint density at radius 2 is 1.59 bits per heavy atom. The first kappa shape index (κ1) is 18.6. The van der Waals surface area contributed by atoms with Gasteiger partial charge in [-0.2, -0.15) is 0 Å². The van der Waals surface area contributed by atoms with E-state index >= 15 is 0 Å². The highest BCUT2D eigenvalue weighted by Crippen LogP contribution is 2.42. The number of nitrogens with one attached hydrogen (secondary N) is 2. The Balaban J connectivity index is 1.72.